The molecule has 0 aromatic rings. The summed E-state index contributed by atoms with van der Waals surface area (Å²) >= 11 is 0. The standard InChI is InChI=1S/C12H27N/c1-7-12(13-6,8-10(2)3)9-11(4)5/h10-11,13H,7-9H2,1-6H3. The molecule has 13 heavy (non-hydrogen) atoms. The Morgan fingerprint density at radius 3 is 1.54 bits per heavy atom. The van der Waals surface area contributed by atoms with Crippen molar-refractivity contribution in [1.82, 2.24) is 5.32 Å². The van der Waals surface area contributed by atoms with Crippen molar-refractivity contribution < 1.29 is 0 Å². The van der Waals surface area contributed by atoms with Gasteiger partial charge in [0, 0.05) is 5.54 Å². The highest BCUT2D eigenvalue weighted by Gasteiger charge is 2.27. The molecule has 0 bridgehead atoms. The molecule has 1 N–H and O–H groups in total. The van der Waals surface area contributed by atoms with Crippen LogP contribution in [0.15, 0.2) is 0 Å². The maximum atomic E-state index is 3.53. The van der Waals surface area contributed by atoms with Crippen molar-refractivity contribution in [1.29, 1.82) is 0 Å². The van der Waals surface area contributed by atoms with Crippen molar-refractivity contribution in [2.75, 3.05) is 7.05 Å². The van der Waals surface area contributed by atoms with Crippen molar-refractivity contribution in [2.24, 2.45) is 11.8 Å². The summed E-state index contributed by atoms with van der Waals surface area (Å²) in [6.45, 7) is 11.5. The van der Waals surface area contributed by atoms with Gasteiger partial charge in [0.1, 0.15) is 0 Å². The average molecular weight is 185 g/mol. The van der Waals surface area contributed by atoms with Gasteiger partial charge in [-0.25, -0.2) is 0 Å². The van der Waals surface area contributed by atoms with E-state index in [1.54, 1.807) is 0 Å². The molecule has 0 unspecified atom stereocenters. The van der Waals surface area contributed by atoms with Crippen LogP contribution in [-0.2, 0) is 0 Å². The minimum Gasteiger partial charge on any atom is -0.314 e. The lowest BCUT2D eigenvalue weighted by Gasteiger charge is -2.36. The molecule has 0 atom stereocenters. The van der Waals surface area contributed by atoms with Gasteiger partial charge in [-0.05, 0) is 38.1 Å². The summed E-state index contributed by atoms with van der Waals surface area (Å²) in [5.74, 6) is 1.57. The van der Waals surface area contributed by atoms with E-state index >= 15 is 0 Å². The minimum atomic E-state index is 0.377. The van der Waals surface area contributed by atoms with Crippen LogP contribution in [0.25, 0.3) is 0 Å². The number of rotatable bonds is 6. The molecule has 1 heteroatoms. The summed E-state index contributed by atoms with van der Waals surface area (Å²) in [6, 6.07) is 0. The van der Waals surface area contributed by atoms with Gasteiger partial charge in [-0.15, -0.1) is 0 Å². The molecule has 0 amide bonds. The fourth-order valence-electron chi connectivity index (χ4n) is 2.32. The molecule has 0 aromatic heterocycles. The second-order valence-electron chi connectivity index (χ2n) is 5.08. The highest BCUT2D eigenvalue weighted by molar-refractivity contribution is 4.87. The van der Waals surface area contributed by atoms with Crippen molar-refractivity contribution >= 4 is 0 Å². The Morgan fingerprint density at radius 2 is 1.38 bits per heavy atom. The molecule has 0 saturated carbocycles. The molecule has 1 nitrogen and oxygen atoms in total. The first-order chi connectivity index (χ1) is 5.95. The summed E-state index contributed by atoms with van der Waals surface area (Å²) in [7, 11) is 2.11. The molecule has 0 spiro atoms. The molecule has 0 aromatic carbocycles. The minimum absolute atomic E-state index is 0.377. The van der Waals surface area contributed by atoms with E-state index in [1.807, 2.05) is 0 Å². The SMILES string of the molecule is CCC(CC(C)C)(CC(C)C)NC. The summed E-state index contributed by atoms with van der Waals surface area (Å²) in [6.07, 6.45) is 3.82. The Morgan fingerprint density at radius 1 is 1.00 bits per heavy atom. The predicted octanol–water partition coefficient (Wildman–Crippen LogP) is 3.45. The number of hydrogen-bond donors (Lipinski definition) is 1. The van der Waals surface area contributed by atoms with Gasteiger partial charge in [0.05, 0.1) is 0 Å². The van der Waals surface area contributed by atoms with Gasteiger partial charge < -0.3 is 5.32 Å². The Hall–Kier alpha value is -0.0400. The van der Waals surface area contributed by atoms with Gasteiger partial charge in [-0.1, -0.05) is 34.6 Å². The molecule has 0 rings (SSSR count). The van der Waals surface area contributed by atoms with Crippen LogP contribution in [0.5, 0.6) is 0 Å². The van der Waals surface area contributed by atoms with Crippen LogP contribution in [0.3, 0.4) is 0 Å². The van der Waals surface area contributed by atoms with Gasteiger partial charge >= 0.3 is 0 Å². The van der Waals surface area contributed by atoms with E-state index in [1.165, 1.54) is 19.3 Å². The molecule has 0 aliphatic rings. The first kappa shape index (κ1) is 13.0. The van der Waals surface area contributed by atoms with E-state index in [-0.39, 0.29) is 0 Å². The van der Waals surface area contributed by atoms with Crippen molar-refractivity contribution in [3.8, 4) is 0 Å². The molecule has 0 aliphatic heterocycles. The van der Waals surface area contributed by atoms with E-state index in [0.29, 0.717) is 5.54 Å². The normalized spacial score (nSPS) is 12.9. The quantitative estimate of drug-likeness (QED) is 0.668. The van der Waals surface area contributed by atoms with Crippen LogP contribution in [-0.4, -0.2) is 12.6 Å². The monoisotopic (exact) mass is 185 g/mol. The highest BCUT2D eigenvalue weighted by atomic mass is 14.9. The van der Waals surface area contributed by atoms with Crippen LogP contribution in [0.1, 0.15) is 53.9 Å². The summed E-state index contributed by atoms with van der Waals surface area (Å²) in [5.41, 5.74) is 0.377. The van der Waals surface area contributed by atoms with Crippen LogP contribution in [0.2, 0.25) is 0 Å². The molecule has 0 fully saturated rings. The fraction of sp³-hybridized carbons (Fsp3) is 1.00. The smallest absolute Gasteiger partial charge is 0.0180 e. The number of nitrogens with one attached hydrogen (secondary N) is 1. The Kier molecular flexibility index (Phi) is 5.62. The predicted molar refractivity (Wildman–Crippen MR) is 61.0 cm³/mol. The largest absolute Gasteiger partial charge is 0.314 e. The summed E-state index contributed by atoms with van der Waals surface area (Å²) in [4.78, 5) is 0. The molecule has 0 saturated heterocycles. The Balaban J connectivity index is 4.30. The van der Waals surface area contributed by atoms with E-state index < -0.39 is 0 Å². The Labute approximate surface area is 84.3 Å². The average Bonchev–Trinajstić information content (AvgIpc) is 2.01. The molecular weight excluding hydrogens is 158 g/mol. The topological polar surface area (TPSA) is 12.0 Å². The second-order valence-corrected chi connectivity index (χ2v) is 5.08. The van der Waals surface area contributed by atoms with E-state index in [2.05, 4.69) is 47.0 Å². The van der Waals surface area contributed by atoms with Crippen LogP contribution >= 0.6 is 0 Å². The zero-order valence-corrected chi connectivity index (χ0v) is 10.3. The van der Waals surface area contributed by atoms with Crippen LogP contribution in [0, 0.1) is 11.8 Å². The van der Waals surface area contributed by atoms with Gasteiger partial charge in [0.25, 0.3) is 0 Å². The van der Waals surface area contributed by atoms with Gasteiger partial charge in [-0.3, -0.25) is 0 Å². The molecule has 0 radical (unpaired) electrons. The van der Waals surface area contributed by atoms with Gasteiger partial charge in [0.2, 0.25) is 0 Å². The molecule has 80 valence electrons. The third-order valence-electron chi connectivity index (χ3n) is 2.81. The van der Waals surface area contributed by atoms with Crippen molar-refractivity contribution in [3.63, 3.8) is 0 Å². The van der Waals surface area contributed by atoms with E-state index in [0.717, 1.165) is 11.8 Å². The fourth-order valence-corrected chi connectivity index (χ4v) is 2.32. The van der Waals surface area contributed by atoms with Gasteiger partial charge in [0.15, 0.2) is 0 Å². The maximum Gasteiger partial charge on any atom is 0.0180 e. The first-order valence-corrected chi connectivity index (χ1v) is 5.64. The van der Waals surface area contributed by atoms with Crippen LogP contribution < -0.4 is 5.32 Å². The lowest BCUT2D eigenvalue weighted by atomic mass is 9.80. The maximum absolute atomic E-state index is 3.53. The summed E-state index contributed by atoms with van der Waals surface area (Å²) in [5, 5.41) is 3.53. The van der Waals surface area contributed by atoms with Crippen LogP contribution in [0.4, 0.5) is 0 Å². The third-order valence-corrected chi connectivity index (χ3v) is 2.81. The van der Waals surface area contributed by atoms with E-state index in [4.69, 9.17) is 0 Å². The summed E-state index contributed by atoms with van der Waals surface area (Å²) < 4.78 is 0. The van der Waals surface area contributed by atoms with Crippen molar-refractivity contribution in [2.45, 2.75) is 59.4 Å². The molecule has 0 aliphatic carbocycles. The van der Waals surface area contributed by atoms with Crippen molar-refractivity contribution in [3.05, 3.63) is 0 Å². The third kappa shape index (κ3) is 4.66. The molecule has 0 heterocycles. The second kappa shape index (κ2) is 5.64. The number of hydrogen-bond acceptors (Lipinski definition) is 1. The zero-order valence-electron chi connectivity index (χ0n) is 10.3. The lowest BCUT2D eigenvalue weighted by Crippen LogP contribution is -2.44. The first-order valence-electron chi connectivity index (χ1n) is 5.64. The van der Waals surface area contributed by atoms with Gasteiger partial charge in [-0.2, -0.15) is 0 Å². The van der Waals surface area contributed by atoms with E-state index in [9.17, 15) is 0 Å². The molecular formula is C12H27N. The highest BCUT2D eigenvalue weighted by Crippen LogP contribution is 2.27. The Bertz CT molecular complexity index is 111. The zero-order chi connectivity index (χ0) is 10.5. The lowest BCUT2D eigenvalue weighted by molar-refractivity contribution is 0.229.